The number of thioether (sulfide) groups is 1. The average Bonchev–Trinajstić information content (AvgIpc) is 2.36. The molecule has 0 radical (unpaired) electrons. The predicted octanol–water partition coefficient (Wildman–Crippen LogP) is -1.13. The van der Waals surface area contributed by atoms with Crippen LogP contribution in [-0.2, 0) is 4.79 Å². The van der Waals surface area contributed by atoms with Gasteiger partial charge < -0.3 is 10.4 Å². The summed E-state index contributed by atoms with van der Waals surface area (Å²) in [6.07, 6.45) is 3.43. The minimum atomic E-state index is -1.05. The second-order valence-corrected chi connectivity index (χ2v) is 6.32. The van der Waals surface area contributed by atoms with Gasteiger partial charge >= 0.3 is 29.6 Å². The molecule has 2 atom stereocenters. The van der Waals surface area contributed by atoms with Crippen molar-refractivity contribution in [2.75, 3.05) is 5.75 Å². The topological polar surface area (TPSA) is 64.5 Å². The van der Waals surface area contributed by atoms with Crippen LogP contribution in [0.4, 0.5) is 0 Å². The molecule has 0 bridgehead atoms. The summed E-state index contributed by atoms with van der Waals surface area (Å²) in [4.78, 5) is 16.1. The number of carbonyl (C=O) groups excluding carboxylic acids is 1. The Balaban J connectivity index is 0.00000361. The fourth-order valence-corrected chi connectivity index (χ4v) is 4.14. The molecule has 0 aromatic heterocycles. The summed E-state index contributed by atoms with van der Waals surface area (Å²) in [5.74, 6) is 0.303. The maximum atomic E-state index is 12.3. The van der Waals surface area contributed by atoms with Gasteiger partial charge in [-0.15, -0.1) is 0 Å². The molecule has 0 aromatic carbocycles. The molecule has 1 aliphatic rings. The van der Waals surface area contributed by atoms with Crippen LogP contribution < -0.4 is 40.0 Å². The molecule has 0 aliphatic carbocycles. The van der Waals surface area contributed by atoms with Crippen LogP contribution in [0.3, 0.4) is 0 Å². The van der Waals surface area contributed by atoms with Gasteiger partial charge in [0.05, 0.1) is 5.41 Å². The van der Waals surface area contributed by atoms with Gasteiger partial charge in [-0.05, 0) is 43.1 Å². The molecule has 1 rings (SSSR count). The van der Waals surface area contributed by atoms with E-state index in [9.17, 15) is 9.90 Å². The van der Waals surface area contributed by atoms with Crippen molar-refractivity contribution in [3.05, 3.63) is 0 Å². The normalized spacial score (nSPS) is 23.6. The molecule has 7 heteroatoms. The van der Waals surface area contributed by atoms with E-state index in [4.69, 9.17) is 12.2 Å². The van der Waals surface area contributed by atoms with Gasteiger partial charge in [-0.25, -0.2) is 4.99 Å². The van der Waals surface area contributed by atoms with Gasteiger partial charge in [0.25, 0.3) is 0 Å². The zero-order valence-corrected chi connectivity index (χ0v) is 16.3. The smallest absolute Gasteiger partial charge is 0.861 e. The summed E-state index contributed by atoms with van der Waals surface area (Å²) >= 11 is 6.51. The molecule has 0 saturated carbocycles. The number of thiocarbonyl (C=S) groups is 1. The van der Waals surface area contributed by atoms with Crippen LogP contribution in [0.2, 0.25) is 0 Å². The Hall–Kier alpha value is 0.380. The van der Waals surface area contributed by atoms with Crippen LogP contribution in [-0.4, -0.2) is 27.9 Å². The summed E-state index contributed by atoms with van der Waals surface area (Å²) < 4.78 is 0. The van der Waals surface area contributed by atoms with Gasteiger partial charge in [0, 0.05) is 5.25 Å². The standard InChI is InChI=1S/C13H22N2O2S2.Na/c1-4-7-8-19-9(5-2)13(6-3)10(16)14-12(18)15-11(13)17;/h9H,4-8H2,1-3H3,(H2,14,15,16,17,18);/q;+1/p-1. The fourth-order valence-electron chi connectivity index (χ4n) is 2.33. The number of nitrogens with one attached hydrogen (secondary N) is 1. The van der Waals surface area contributed by atoms with Crippen LogP contribution in [0.15, 0.2) is 4.99 Å². The van der Waals surface area contributed by atoms with Crippen molar-refractivity contribution in [2.45, 2.75) is 51.7 Å². The van der Waals surface area contributed by atoms with E-state index in [2.05, 4.69) is 17.2 Å². The first-order valence-corrected chi connectivity index (χ1v) is 8.21. The number of amides is 1. The van der Waals surface area contributed by atoms with E-state index in [0.717, 1.165) is 25.0 Å². The first-order chi connectivity index (χ1) is 9.02. The van der Waals surface area contributed by atoms with Crippen molar-refractivity contribution in [3.8, 4) is 0 Å². The second-order valence-electron chi connectivity index (χ2n) is 4.62. The van der Waals surface area contributed by atoms with Crippen molar-refractivity contribution in [3.63, 3.8) is 0 Å². The number of hydrogen-bond acceptors (Lipinski definition) is 4. The van der Waals surface area contributed by atoms with Crippen LogP contribution in [0.25, 0.3) is 0 Å². The molecular formula is C13H21N2NaO2S2. The van der Waals surface area contributed by atoms with Crippen molar-refractivity contribution in [1.29, 1.82) is 0 Å². The van der Waals surface area contributed by atoms with Crippen molar-refractivity contribution >= 4 is 40.9 Å². The molecule has 4 nitrogen and oxygen atoms in total. The second kappa shape index (κ2) is 9.41. The summed E-state index contributed by atoms with van der Waals surface area (Å²) in [5.41, 5.74) is -1.05. The van der Waals surface area contributed by atoms with E-state index in [-0.39, 0.29) is 51.7 Å². The zero-order valence-electron chi connectivity index (χ0n) is 12.7. The van der Waals surface area contributed by atoms with E-state index in [1.54, 1.807) is 11.8 Å². The monoisotopic (exact) mass is 324 g/mol. The van der Waals surface area contributed by atoms with Crippen LogP contribution in [0.5, 0.6) is 0 Å². The van der Waals surface area contributed by atoms with Crippen LogP contribution in [0, 0.1) is 5.41 Å². The molecule has 0 aromatic rings. The van der Waals surface area contributed by atoms with Gasteiger partial charge in [0.2, 0.25) is 5.91 Å². The maximum absolute atomic E-state index is 12.3. The molecule has 20 heavy (non-hydrogen) atoms. The van der Waals surface area contributed by atoms with E-state index in [1.165, 1.54) is 0 Å². The Labute approximate surface area is 152 Å². The molecule has 108 valence electrons. The summed E-state index contributed by atoms with van der Waals surface area (Å²) in [6, 6.07) is 0. The predicted molar refractivity (Wildman–Crippen MR) is 82.3 cm³/mol. The Bertz CT molecular complexity index is 391. The molecule has 1 N–H and O–H groups in total. The van der Waals surface area contributed by atoms with Gasteiger partial charge in [-0.2, -0.15) is 11.8 Å². The quantitative estimate of drug-likeness (QED) is 0.366. The Morgan fingerprint density at radius 2 is 2.10 bits per heavy atom. The van der Waals surface area contributed by atoms with Gasteiger partial charge in [0.15, 0.2) is 5.11 Å². The minimum Gasteiger partial charge on any atom is -0.861 e. The van der Waals surface area contributed by atoms with Crippen molar-refractivity contribution in [1.82, 2.24) is 5.32 Å². The van der Waals surface area contributed by atoms with Crippen molar-refractivity contribution in [2.24, 2.45) is 10.4 Å². The zero-order chi connectivity index (χ0) is 14.5. The van der Waals surface area contributed by atoms with E-state index >= 15 is 0 Å². The maximum Gasteiger partial charge on any atom is 1.00 e. The third-order valence-electron chi connectivity index (χ3n) is 3.51. The van der Waals surface area contributed by atoms with Gasteiger partial charge in [0.1, 0.15) is 0 Å². The van der Waals surface area contributed by atoms with E-state index in [0.29, 0.717) is 6.42 Å². The number of rotatable bonds is 7. The number of unbranched alkanes of at least 4 members (excludes halogenated alkanes) is 1. The third kappa shape index (κ3) is 4.19. The summed E-state index contributed by atoms with van der Waals surface area (Å²) in [5, 5.41) is 14.8. The average molecular weight is 324 g/mol. The largest absolute Gasteiger partial charge is 1.00 e. The molecule has 1 aliphatic heterocycles. The Morgan fingerprint density at radius 3 is 2.55 bits per heavy atom. The van der Waals surface area contributed by atoms with E-state index in [1.807, 2.05) is 13.8 Å². The number of carbonyl (C=O) groups is 1. The first kappa shape index (κ1) is 20.4. The van der Waals surface area contributed by atoms with Crippen LogP contribution in [0.1, 0.15) is 46.5 Å². The van der Waals surface area contributed by atoms with E-state index < -0.39 is 5.41 Å². The SMILES string of the molecule is CCCCSC(CC)C1(CC)C(=O)NC(=S)N=C1[O-].[Na+]. The third-order valence-corrected chi connectivity index (χ3v) is 5.36. The Morgan fingerprint density at radius 1 is 1.45 bits per heavy atom. The summed E-state index contributed by atoms with van der Waals surface area (Å²) in [6.45, 7) is 6.00. The fraction of sp³-hybridized carbons (Fsp3) is 0.769. The molecule has 0 fully saturated rings. The van der Waals surface area contributed by atoms with Crippen LogP contribution >= 0.6 is 24.0 Å². The Kier molecular flexibility index (Phi) is 9.59. The molecule has 1 amide bonds. The molecule has 0 saturated heterocycles. The van der Waals surface area contributed by atoms with Gasteiger partial charge in [-0.3, -0.25) is 4.79 Å². The number of aliphatic imine (C=N–C) groups is 1. The molecule has 0 spiro atoms. The molecule has 1 heterocycles. The van der Waals surface area contributed by atoms with Gasteiger partial charge in [-0.1, -0.05) is 27.2 Å². The number of hydrogen-bond donors (Lipinski definition) is 1. The first-order valence-electron chi connectivity index (χ1n) is 6.76. The molecule has 2 unspecified atom stereocenters. The summed E-state index contributed by atoms with van der Waals surface area (Å²) in [7, 11) is 0. The number of nitrogens with zero attached hydrogens (tertiary/aromatic N) is 1. The minimum absolute atomic E-state index is 0. The molecular weight excluding hydrogens is 303 g/mol. The van der Waals surface area contributed by atoms with Crippen molar-refractivity contribution < 1.29 is 39.5 Å².